The van der Waals surface area contributed by atoms with Crippen LogP contribution in [0.1, 0.15) is 22.5 Å². The fourth-order valence-corrected chi connectivity index (χ4v) is 5.48. The first-order chi connectivity index (χ1) is 17.8. The number of thioether (sulfide) groups is 1. The number of carbonyl (C=O) groups is 2. The van der Waals surface area contributed by atoms with Gasteiger partial charge in [0.25, 0.3) is 16.8 Å². The van der Waals surface area contributed by atoms with Crippen molar-refractivity contribution < 1.29 is 19.2 Å². The van der Waals surface area contributed by atoms with E-state index in [2.05, 4.69) is 0 Å². The molecule has 0 unspecified atom stereocenters. The van der Waals surface area contributed by atoms with Crippen LogP contribution in [0.25, 0.3) is 22.5 Å². The van der Waals surface area contributed by atoms with E-state index in [1.165, 1.54) is 24.1 Å². The van der Waals surface area contributed by atoms with Gasteiger partial charge in [0.1, 0.15) is 5.75 Å². The minimum atomic E-state index is -0.454. The molecule has 186 valence electrons. The maximum Gasteiger partial charge on any atom is 0.293 e. The van der Waals surface area contributed by atoms with Gasteiger partial charge in [-0.2, -0.15) is 0 Å². The lowest BCUT2D eigenvalue weighted by molar-refractivity contribution is -0.384. The van der Waals surface area contributed by atoms with E-state index in [4.69, 9.17) is 4.74 Å². The van der Waals surface area contributed by atoms with Crippen molar-refractivity contribution in [3.63, 3.8) is 0 Å². The summed E-state index contributed by atoms with van der Waals surface area (Å²) in [5.74, 6) is 0.134. The van der Waals surface area contributed by atoms with Gasteiger partial charge in [0.15, 0.2) is 0 Å². The van der Waals surface area contributed by atoms with Crippen molar-refractivity contribution in [2.75, 3.05) is 7.11 Å². The Hall–Kier alpha value is -4.37. The van der Waals surface area contributed by atoms with Gasteiger partial charge in [0.2, 0.25) is 0 Å². The molecule has 0 bridgehead atoms. The second kappa shape index (κ2) is 9.59. The molecule has 5 rings (SSSR count). The lowest BCUT2D eigenvalue weighted by atomic mass is 10.0. The second-order valence-corrected chi connectivity index (χ2v) is 9.67. The lowest BCUT2D eigenvalue weighted by Crippen LogP contribution is -2.27. The van der Waals surface area contributed by atoms with Crippen LogP contribution >= 0.6 is 11.8 Å². The molecular weight excluding hydrogens is 490 g/mol. The number of hydrogen-bond acceptors (Lipinski definition) is 6. The Balaban J connectivity index is 1.48. The minimum absolute atomic E-state index is 0.0561. The number of carbonyl (C=O) groups excluding carboxylic acids is 2. The number of nitrogens with zero attached hydrogens (tertiary/aromatic N) is 3. The number of benzene rings is 3. The standard InChI is InChI=1S/C28H23N3O5S/c1-17-13-21(18(2)30(17)24-15-22(31(34)35)11-12-25(24)36-3)14-26-27(32)29(28(33)37-26)16-20-9-6-8-19-7-4-5-10-23(19)20/h4-15H,16H2,1-3H3. The van der Waals surface area contributed by atoms with Gasteiger partial charge >= 0.3 is 0 Å². The molecular formula is C28H23N3O5S. The summed E-state index contributed by atoms with van der Waals surface area (Å²) in [6, 6.07) is 20.0. The average Bonchev–Trinajstić information content (AvgIpc) is 3.32. The smallest absolute Gasteiger partial charge is 0.293 e. The molecule has 0 aliphatic carbocycles. The predicted octanol–water partition coefficient (Wildman–Crippen LogP) is 6.40. The Morgan fingerprint density at radius 2 is 1.78 bits per heavy atom. The Labute approximate surface area is 217 Å². The normalized spacial score (nSPS) is 14.7. The van der Waals surface area contributed by atoms with Crippen LogP contribution in [-0.4, -0.2) is 32.6 Å². The molecule has 0 atom stereocenters. The average molecular weight is 514 g/mol. The van der Waals surface area contributed by atoms with E-state index in [0.29, 0.717) is 16.3 Å². The molecule has 1 aromatic heterocycles. The van der Waals surface area contributed by atoms with Gasteiger partial charge < -0.3 is 9.30 Å². The first-order valence-electron chi connectivity index (χ1n) is 11.5. The highest BCUT2D eigenvalue weighted by molar-refractivity contribution is 8.18. The number of imide groups is 1. The number of nitro benzene ring substituents is 1. The molecule has 0 radical (unpaired) electrons. The number of methoxy groups -OCH3 is 1. The Morgan fingerprint density at radius 3 is 2.54 bits per heavy atom. The first-order valence-corrected chi connectivity index (χ1v) is 12.3. The van der Waals surface area contributed by atoms with E-state index in [0.717, 1.165) is 45.0 Å². The number of rotatable bonds is 6. The molecule has 1 fully saturated rings. The highest BCUT2D eigenvalue weighted by Crippen LogP contribution is 2.37. The van der Waals surface area contributed by atoms with E-state index >= 15 is 0 Å². The molecule has 37 heavy (non-hydrogen) atoms. The second-order valence-electron chi connectivity index (χ2n) is 8.68. The Morgan fingerprint density at radius 1 is 1.03 bits per heavy atom. The number of hydrogen-bond donors (Lipinski definition) is 0. The molecule has 0 saturated carbocycles. The number of fused-ring (bicyclic) bond motifs is 1. The van der Waals surface area contributed by atoms with Crippen LogP contribution in [0.3, 0.4) is 0 Å². The monoisotopic (exact) mass is 513 g/mol. The van der Waals surface area contributed by atoms with Gasteiger partial charge in [-0.25, -0.2) is 0 Å². The summed E-state index contributed by atoms with van der Waals surface area (Å²) in [5, 5.41) is 13.1. The highest BCUT2D eigenvalue weighted by Gasteiger charge is 2.35. The van der Waals surface area contributed by atoms with Gasteiger partial charge in [-0.1, -0.05) is 42.5 Å². The minimum Gasteiger partial charge on any atom is -0.495 e. The zero-order chi connectivity index (χ0) is 26.3. The van der Waals surface area contributed by atoms with Crippen LogP contribution in [0, 0.1) is 24.0 Å². The number of amides is 2. The van der Waals surface area contributed by atoms with Crippen molar-refractivity contribution in [1.82, 2.24) is 9.47 Å². The molecule has 1 aliphatic rings. The largest absolute Gasteiger partial charge is 0.495 e. The SMILES string of the molecule is COc1ccc([N+](=O)[O-])cc1-n1c(C)cc(C=C2SC(=O)N(Cc3cccc4ccccc34)C2=O)c1C. The molecule has 8 nitrogen and oxygen atoms in total. The van der Waals surface area contributed by atoms with Gasteiger partial charge in [0, 0.05) is 23.5 Å². The van der Waals surface area contributed by atoms with Crippen molar-refractivity contribution in [1.29, 1.82) is 0 Å². The van der Waals surface area contributed by atoms with E-state index in [-0.39, 0.29) is 23.4 Å². The lowest BCUT2D eigenvalue weighted by Gasteiger charge is -2.14. The molecule has 4 aromatic rings. The maximum atomic E-state index is 13.3. The topological polar surface area (TPSA) is 94.7 Å². The maximum absolute atomic E-state index is 13.3. The van der Waals surface area contributed by atoms with Crippen molar-refractivity contribution in [2.24, 2.45) is 0 Å². The molecule has 9 heteroatoms. The Kier molecular flexibility index (Phi) is 6.31. The van der Waals surface area contributed by atoms with Crippen LogP contribution in [0.4, 0.5) is 10.5 Å². The fraction of sp³-hybridized carbons (Fsp3) is 0.143. The van der Waals surface area contributed by atoms with Crippen molar-refractivity contribution in [2.45, 2.75) is 20.4 Å². The third-order valence-electron chi connectivity index (χ3n) is 6.45. The molecule has 1 saturated heterocycles. The summed E-state index contributed by atoms with van der Waals surface area (Å²) >= 11 is 0.910. The number of aryl methyl sites for hydroxylation is 1. The van der Waals surface area contributed by atoms with Crippen LogP contribution in [-0.2, 0) is 11.3 Å². The zero-order valence-electron chi connectivity index (χ0n) is 20.4. The summed E-state index contributed by atoms with van der Waals surface area (Å²) in [7, 11) is 1.51. The van der Waals surface area contributed by atoms with Crippen LogP contribution in [0.5, 0.6) is 5.75 Å². The van der Waals surface area contributed by atoms with Gasteiger partial charge in [-0.15, -0.1) is 0 Å². The highest BCUT2D eigenvalue weighted by atomic mass is 32.2. The number of non-ortho nitro benzene ring substituents is 1. The first kappa shape index (κ1) is 24.3. The summed E-state index contributed by atoms with van der Waals surface area (Å²) in [4.78, 5) is 38.6. The zero-order valence-corrected chi connectivity index (χ0v) is 21.2. The van der Waals surface area contributed by atoms with Crippen molar-refractivity contribution in [3.8, 4) is 11.4 Å². The fourth-order valence-electron chi connectivity index (χ4n) is 4.65. The van der Waals surface area contributed by atoms with E-state index < -0.39 is 4.92 Å². The quantitative estimate of drug-likeness (QED) is 0.168. The summed E-state index contributed by atoms with van der Waals surface area (Å²) in [5.41, 5.74) is 3.67. The third-order valence-corrected chi connectivity index (χ3v) is 7.36. The molecule has 3 aromatic carbocycles. The Bertz CT molecular complexity index is 1620. The molecule has 0 spiro atoms. The summed E-state index contributed by atoms with van der Waals surface area (Å²) in [6.07, 6.45) is 1.71. The van der Waals surface area contributed by atoms with E-state index in [1.54, 1.807) is 12.1 Å². The molecule has 1 aliphatic heterocycles. The van der Waals surface area contributed by atoms with Gasteiger partial charge in [0.05, 0.1) is 29.2 Å². The van der Waals surface area contributed by atoms with Gasteiger partial charge in [-0.3, -0.25) is 24.6 Å². The van der Waals surface area contributed by atoms with E-state index in [9.17, 15) is 19.7 Å². The van der Waals surface area contributed by atoms with Crippen LogP contribution in [0.2, 0.25) is 0 Å². The summed E-state index contributed by atoms with van der Waals surface area (Å²) < 4.78 is 7.30. The predicted molar refractivity (Wildman–Crippen MR) is 144 cm³/mol. The van der Waals surface area contributed by atoms with Crippen molar-refractivity contribution in [3.05, 3.63) is 104 Å². The number of nitro groups is 1. The van der Waals surface area contributed by atoms with Crippen molar-refractivity contribution >= 4 is 45.4 Å². The number of ether oxygens (including phenoxy) is 1. The summed E-state index contributed by atoms with van der Waals surface area (Å²) in [6.45, 7) is 3.92. The molecule has 2 heterocycles. The van der Waals surface area contributed by atoms with E-state index in [1.807, 2.05) is 66.9 Å². The van der Waals surface area contributed by atoms with Crippen LogP contribution in [0.15, 0.2) is 71.6 Å². The molecule has 2 amide bonds. The number of aromatic nitrogens is 1. The van der Waals surface area contributed by atoms with Gasteiger partial charge in [-0.05, 0) is 65.7 Å². The molecule has 0 N–H and O–H groups in total. The van der Waals surface area contributed by atoms with Crippen LogP contribution < -0.4 is 4.74 Å². The third kappa shape index (κ3) is 4.38.